The minimum absolute atomic E-state index is 0.0176. The molecule has 1 aromatic carbocycles. The van der Waals surface area contributed by atoms with Crippen molar-refractivity contribution in [1.82, 2.24) is 0 Å². The highest BCUT2D eigenvalue weighted by Gasteiger charge is 2.08. The van der Waals surface area contributed by atoms with E-state index in [2.05, 4.69) is 10.7 Å². The summed E-state index contributed by atoms with van der Waals surface area (Å²) >= 11 is 0. The first-order chi connectivity index (χ1) is 7.17. The first kappa shape index (κ1) is 11.3. The highest BCUT2D eigenvalue weighted by atomic mass is 16.6. The van der Waals surface area contributed by atoms with E-state index in [9.17, 15) is 10.1 Å². The van der Waals surface area contributed by atoms with Gasteiger partial charge in [0.15, 0.2) is 0 Å². The number of nitrogens with one attached hydrogen (secondary N) is 2. The Bertz CT molecular complexity index is 354. The number of anilines is 2. The minimum atomic E-state index is -0.446. The lowest BCUT2D eigenvalue weighted by atomic mass is 10.2. The summed E-state index contributed by atoms with van der Waals surface area (Å²) < 4.78 is 0. The number of nitrogens with two attached hydrogens (primary N) is 1. The fraction of sp³-hybridized carbons (Fsp3) is 0.333. The molecule has 6 heteroatoms. The van der Waals surface area contributed by atoms with E-state index in [0.29, 0.717) is 11.4 Å². The van der Waals surface area contributed by atoms with Gasteiger partial charge in [0.05, 0.1) is 10.6 Å². The van der Waals surface area contributed by atoms with E-state index in [1.807, 2.05) is 6.92 Å². The van der Waals surface area contributed by atoms with Crippen LogP contribution in [0.3, 0.4) is 0 Å². The summed E-state index contributed by atoms with van der Waals surface area (Å²) in [6.07, 6.45) is 0.952. The van der Waals surface area contributed by atoms with Crippen LogP contribution in [0.1, 0.15) is 13.3 Å². The third kappa shape index (κ3) is 3.10. The first-order valence-corrected chi connectivity index (χ1v) is 4.67. The molecule has 0 aromatic heterocycles. The number of rotatable bonds is 5. The van der Waals surface area contributed by atoms with Gasteiger partial charge < -0.3 is 10.7 Å². The van der Waals surface area contributed by atoms with Crippen LogP contribution in [0, 0.1) is 10.1 Å². The molecule has 0 aliphatic heterocycles. The number of non-ortho nitro benzene ring substituents is 1. The molecular weight excluding hydrogens is 196 g/mol. The summed E-state index contributed by atoms with van der Waals surface area (Å²) in [6.45, 7) is 2.79. The van der Waals surface area contributed by atoms with Crippen LogP contribution >= 0.6 is 0 Å². The van der Waals surface area contributed by atoms with E-state index < -0.39 is 4.92 Å². The maximum atomic E-state index is 10.6. The Labute approximate surface area is 87.6 Å². The highest BCUT2D eigenvalue weighted by molar-refractivity contribution is 5.62. The number of hydrazine groups is 1. The lowest BCUT2D eigenvalue weighted by Gasteiger charge is -2.07. The second kappa shape index (κ2) is 5.16. The number of benzene rings is 1. The first-order valence-electron chi connectivity index (χ1n) is 4.67. The van der Waals surface area contributed by atoms with Crippen molar-refractivity contribution in [1.29, 1.82) is 0 Å². The summed E-state index contributed by atoms with van der Waals surface area (Å²) in [5.74, 6) is 5.22. The van der Waals surface area contributed by atoms with Gasteiger partial charge in [-0.2, -0.15) is 0 Å². The fourth-order valence-corrected chi connectivity index (χ4v) is 1.17. The van der Waals surface area contributed by atoms with Crippen LogP contribution in [0.2, 0.25) is 0 Å². The molecule has 1 rings (SSSR count). The molecule has 0 radical (unpaired) electrons. The Balaban J connectivity index is 2.95. The fourth-order valence-electron chi connectivity index (χ4n) is 1.17. The van der Waals surface area contributed by atoms with Crippen molar-refractivity contribution in [2.75, 3.05) is 17.3 Å². The van der Waals surface area contributed by atoms with Gasteiger partial charge in [0.25, 0.3) is 5.69 Å². The molecular formula is C9H14N4O2. The van der Waals surface area contributed by atoms with Crippen molar-refractivity contribution in [3.8, 4) is 0 Å². The number of nitrogens with zero attached hydrogens (tertiary/aromatic N) is 1. The molecule has 0 aliphatic carbocycles. The minimum Gasteiger partial charge on any atom is -0.385 e. The Morgan fingerprint density at radius 1 is 1.40 bits per heavy atom. The van der Waals surface area contributed by atoms with Gasteiger partial charge in [-0.05, 0) is 12.5 Å². The van der Waals surface area contributed by atoms with Crippen LogP contribution in [0.25, 0.3) is 0 Å². The summed E-state index contributed by atoms with van der Waals surface area (Å²) in [5, 5.41) is 13.7. The predicted molar refractivity (Wildman–Crippen MR) is 59.7 cm³/mol. The van der Waals surface area contributed by atoms with Crippen LogP contribution < -0.4 is 16.6 Å². The standard InChI is InChI=1S/C9H14N4O2/c1-2-3-11-7-4-8(12-10)6-9(5-7)13(14)15/h4-6,11-12H,2-3,10H2,1H3. The number of nitro benzene ring substituents is 1. The van der Waals surface area contributed by atoms with Crippen LogP contribution in [-0.2, 0) is 0 Å². The average molecular weight is 210 g/mol. The Kier molecular flexibility index (Phi) is 3.87. The van der Waals surface area contributed by atoms with E-state index in [-0.39, 0.29) is 5.69 Å². The zero-order chi connectivity index (χ0) is 11.3. The quantitative estimate of drug-likeness (QED) is 0.390. The van der Waals surface area contributed by atoms with Gasteiger partial charge in [0.2, 0.25) is 0 Å². The smallest absolute Gasteiger partial charge is 0.273 e. The number of nitrogen functional groups attached to an aromatic ring is 1. The van der Waals surface area contributed by atoms with E-state index >= 15 is 0 Å². The molecule has 15 heavy (non-hydrogen) atoms. The molecule has 0 aliphatic rings. The van der Waals surface area contributed by atoms with Gasteiger partial charge in [0, 0.05) is 24.4 Å². The molecule has 0 unspecified atom stereocenters. The van der Waals surface area contributed by atoms with Gasteiger partial charge in [-0.15, -0.1) is 0 Å². The zero-order valence-corrected chi connectivity index (χ0v) is 8.49. The molecule has 0 fully saturated rings. The van der Waals surface area contributed by atoms with Gasteiger partial charge in [-0.25, -0.2) is 0 Å². The van der Waals surface area contributed by atoms with Crippen molar-refractivity contribution in [3.63, 3.8) is 0 Å². The van der Waals surface area contributed by atoms with Crippen molar-refractivity contribution < 1.29 is 4.92 Å². The van der Waals surface area contributed by atoms with Crippen molar-refractivity contribution >= 4 is 17.1 Å². The molecule has 1 aromatic rings. The van der Waals surface area contributed by atoms with Crippen LogP contribution in [0.4, 0.5) is 17.1 Å². The largest absolute Gasteiger partial charge is 0.385 e. The van der Waals surface area contributed by atoms with Gasteiger partial charge in [0.1, 0.15) is 0 Å². The van der Waals surface area contributed by atoms with Crippen molar-refractivity contribution in [2.24, 2.45) is 5.84 Å². The van der Waals surface area contributed by atoms with Crippen molar-refractivity contribution in [2.45, 2.75) is 13.3 Å². The molecule has 0 bridgehead atoms. The van der Waals surface area contributed by atoms with E-state index in [0.717, 1.165) is 13.0 Å². The third-order valence-corrected chi connectivity index (χ3v) is 1.87. The normalized spacial score (nSPS) is 9.73. The van der Waals surface area contributed by atoms with Crippen molar-refractivity contribution in [3.05, 3.63) is 28.3 Å². The SMILES string of the molecule is CCCNc1cc(NN)cc([N+](=O)[O-])c1. The maximum Gasteiger partial charge on any atom is 0.273 e. The Morgan fingerprint density at radius 2 is 2.07 bits per heavy atom. The number of hydrogen-bond donors (Lipinski definition) is 3. The summed E-state index contributed by atoms with van der Waals surface area (Å²) in [5.41, 5.74) is 3.62. The summed E-state index contributed by atoms with van der Waals surface area (Å²) in [4.78, 5) is 10.2. The van der Waals surface area contributed by atoms with E-state index in [4.69, 9.17) is 5.84 Å². The lowest BCUT2D eigenvalue weighted by molar-refractivity contribution is -0.384. The van der Waals surface area contributed by atoms with Crippen LogP contribution in [0.5, 0.6) is 0 Å². The summed E-state index contributed by atoms with van der Waals surface area (Å²) in [6, 6.07) is 4.59. The second-order valence-electron chi connectivity index (χ2n) is 3.10. The molecule has 0 atom stereocenters. The Morgan fingerprint density at radius 3 is 2.60 bits per heavy atom. The lowest BCUT2D eigenvalue weighted by Crippen LogP contribution is -2.08. The molecule has 0 heterocycles. The molecule has 0 saturated carbocycles. The van der Waals surface area contributed by atoms with Gasteiger partial charge in [-0.3, -0.25) is 16.0 Å². The molecule has 0 saturated heterocycles. The molecule has 0 spiro atoms. The maximum absolute atomic E-state index is 10.6. The van der Waals surface area contributed by atoms with Gasteiger partial charge in [-0.1, -0.05) is 6.92 Å². The van der Waals surface area contributed by atoms with Gasteiger partial charge >= 0.3 is 0 Å². The monoisotopic (exact) mass is 210 g/mol. The van der Waals surface area contributed by atoms with E-state index in [1.54, 1.807) is 6.07 Å². The Hall–Kier alpha value is -1.82. The second-order valence-corrected chi connectivity index (χ2v) is 3.10. The molecule has 4 N–H and O–H groups in total. The molecule has 6 nitrogen and oxygen atoms in total. The molecule has 0 amide bonds. The third-order valence-electron chi connectivity index (χ3n) is 1.87. The topological polar surface area (TPSA) is 93.2 Å². The molecule has 82 valence electrons. The summed E-state index contributed by atoms with van der Waals surface area (Å²) in [7, 11) is 0. The zero-order valence-electron chi connectivity index (χ0n) is 8.49. The number of hydrogen-bond acceptors (Lipinski definition) is 5. The van der Waals surface area contributed by atoms with E-state index in [1.165, 1.54) is 12.1 Å². The van der Waals surface area contributed by atoms with Crippen LogP contribution in [0.15, 0.2) is 18.2 Å². The number of nitro groups is 1. The average Bonchev–Trinajstić information content (AvgIpc) is 2.25. The predicted octanol–water partition coefficient (Wildman–Crippen LogP) is 1.70. The highest BCUT2D eigenvalue weighted by Crippen LogP contribution is 2.23. The van der Waals surface area contributed by atoms with Crippen LogP contribution in [-0.4, -0.2) is 11.5 Å².